The van der Waals surface area contributed by atoms with Crippen LogP contribution in [0.25, 0.3) is 5.76 Å². The molecular weight excluding hydrogens is 486 g/mol. The number of amides is 1. The van der Waals surface area contributed by atoms with Crippen LogP contribution in [0.4, 0.5) is 0 Å². The zero-order chi connectivity index (χ0) is 27.2. The molecule has 198 valence electrons. The summed E-state index contributed by atoms with van der Waals surface area (Å²) in [6.07, 6.45) is 0. The Morgan fingerprint density at radius 3 is 2.29 bits per heavy atom. The van der Waals surface area contributed by atoms with Crippen molar-refractivity contribution in [3.05, 3.63) is 94.6 Å². The molecule has 1 amide bonds. The van der Waals surface area contributed by atoms with E-state index in [1.165, 1.54) is 26.2 Å². The summed E-state index contributed by atoms with van der Waals surface area (Å²) in [5.74, 6) is -0.181. The maximum absolute atomic E-state index is 13.2. The lowest BCUT2D eigenvalue weighted by molar-refractivity contribution is -0.140. The van der Waals surface area contributed by atoms with E-state index in [-0.39, 0.29) is 24.5 Å². The number of methoxy groups -OCH3 is 3. The van der Waals surface area contributed by atoms with Gasteiger partial charge in [-0.15, -0.1) is 0 Å². The molecule has 8 nitrogen and oxygen atoms in total. The molecule has 1 atom stereocenters. The van der Waals surface area contributed by atoms with E-state index in [0.29, 0.717) is 35.0 Å². The van der Waals surface area contributed by atoms with E-state index in [2.05, 4.69) is 0 Å². The van der Waals surface area contributed by atoms with E-state index in [0.717, 1.165) is 11.1 Å². The summed E-state index contributed by atoms with van der Waals surface area (Å²) in [4.78, 5) is 27.6. The van der Waals surface area contributed by atoms with Gasteiger partial charge >= 0.3 is 0 Å². The number of aryl methyl sites for hydroxylation is 1. The molecular formula is C30H31NO7. The number of carbonyl (C=O) groups is 2. The number of hydrogen-bond donors (Lipinski definition) is 1. The van der Waals surface area contributed by atoms with Gasteiger partial charge in [-0.05, 0) is 60.0 Å². The van der Waals surface area contributed by atoms with E-state index in [4.69, 9.17) is 18.9 Å². The van der Waals surface area contributed by atoms with Crippen LogP contribution in [0.3, 0.4) is 0 Å². The molecule has 38 heavy (non-hydrogen) atoms. The summed E-state index contributed by atoms with van der Waals surface area (Å²) in [5.41, 5.74) is 3.19. The molecule has 1 aliphatic heterocycles. The van der Waals surface area contributed by atoms with E-state index in [1.54, 1.807) is 42.5 Å². The Hall–Kier alpha value is -4.30. The van der Waals surface area contributed by atoms with Crippen molar-refractivity contribution in [2.24, 2.45) is 0 Å². The smallest absolute Gasteiger partial charge is 0.295 e. The Kier molecular flexibility index (Phi) is 8.33. The Bertz CT molecular complexity index is 1350. The molecule has 0 aliphatic carbocycles. The minimum atomic E-state index is -0.832. The molecule has 3 aromatic rings. The van der Waals surface area contributed by atoms with Crippen LogP contribution in [0.1, 0.15) is 28.3 Å². The molecule has 8 heteroatoms. The number of ether oxygens (including phenoxy) is 4. The fraction of sp³-hybridized carbons (Fsp3) is 0.267. The number of aliphatic hydroxyl groups excluding tert-OH is 1. The highest BCUT2D eigenvalue weighted by molar-refractivity contribution is 6.46. The highest BCUT2D eigenvalue weighted by atomic mass is 16.5. The second-order valence-corrected chi connectivity index (χ2v) is 8.84. The van der Waals surface area contributed by atoms with Crippen LogP contribution in [-0.2, 0) is 20.9 Å². The number of benzene rings is 3. The number of Topliss-reactive ketones (excluding diaryl/α,β-unsaturated/α-hetero) is 1. The first-order valence-corrected chi connectivity index (χ1v) is 12.2. The number of rotatable bonds is 10. The van der Waals surface area contributed by atoms with Gasteiger partial charge in [-0.2, -0.15) is 0 Å². The van der Waals surface area contributed by atoms with Gasteiger partial charge in [0.2, 0.25) is 0 Å². The molecule has 0 radical (unpaired) electrons. The van der Waals surface area contributed by atoms with Crippen molar-refractivity contribution in [2.75, 3.05) is 34.5 Å². The lowest BCUT2D eigenvalue weighted by Crippen LogP contribution is -2.32. The van der Waals surface area contributed by atoms with E-state index in [9.17, 15) is 14.7 Å². The van der Waals surface area contributed by atoms with E-state index >= 15 is 0 Å². The standard InChI is InChI=1S/C30H31NO7/c1-19-7-5-6-8-22(19)18-38-23-12-9-20(10-13-23)28(32)26-27(31(15-16-35-2)30(34)29(26)33)21-11-14-24(36-3)25(17-21)37-4/h5-14,17,27,32H,15-16,18H2,1-4H3/b28-26-. The molecule has 0 spiro atoms. The van der Waals surface area contributed by atoms with E-state index in [1.807, 2.05) is 31.2 Å². The van der Waals surface area contributed by atoms with Crippen LogP contribution in [0.2, 0.25) is 0 Å². The van der Waals surface area contributed by atoms with Gasteiger partial charge in [0.1, 0.15) is 18.1 Å². The Labute approximate surface area is 222 Å². The summed E-state index contributed by atoms with van der Waals surface area (Å²) >= 11 is 0. The van der Waals surface area contributed by atoms with Crippen molar-refractivity contribution in [3.8, 4) is 17.2 Å². The molecule has 1 N–H and O–H groups in total. The molecule has 1 heterocycles. The summed E-state index contributed by atoms with van der Waals surface area (Å²) < 4.78 is 21.8. The second kappa shape index (κ2) is 11.8. The molecule has 0 saturated carbocycles. The lowest BCUT2D eigenvalue weighted by atomic mass is 9.95. The van der Waals surface area contributed by atoms with Crippen molar-refractivity contribution in [1.82, 2.24) is 4.90 Å². The number of ketones is 1. The summed E-state index contributed by atoms with van der Waals surface area (Å²) in [7, 11) is 4.55. The third-order valence-electron chi connectivity index (χ3n) is 6.58. The summed E-state index contributed by atoms with van der Waals surface area (Å²) in [6.45, 7) is 2.82. The fourth-order valence-electron chi connectivity index (χ4n) is 4.47. The Morgan fingerprint density at radius 2 is 1.63 bits per heavy atom. The van der Waals surface area contributed by atoms with Crippen LogP contribution in [0.15, 0.2) is 72.3 Å². The molecule has 1 aliphatic rings. The average Bonchev–Trinajstić information content (AvgIpc) is 3.20. The molecule has 3 aromatic carbocycles. The molecule has 0 aromatic heterocycles. The van der Waals surface area contributed by atoms with Gasteiger partial charge in [0.15, 0.2) is 11.5 Å². The first-order valence-electron chi connectivity index (χ1n) is 12.2. The predicted molar refractivity (Wildman–Crippen MR) is 142 cm³/mol. The molecule has 1 fully saturated rings. The maximum Gasteiger partial charge on any atom is 0.295 e. The summed E-state index contributed by atoms with van der Waals surface area (Å²) in [5, 5.41) is 11.3. The molecule has 1 unspecified atom stereocenters. The SMILES string of the molecule is COCCN1C(=O)C(=O)/C(=C(\O)c2ccc(OCc3ccccc3C)cc2)C1c1ccc(OC)c(OC)c1. The topological polar surface area (TPSA) is 94.5 Å². The monoisotopic (exact) mass is 517 g/mol. The minimum Gasteiger partial charge on any atom is -0.507 e. The zero-order valence-corrected chi connectivity index (χ0v) is 21.9. The highest BCUT2D eigenvalue weighted by Crippen LogP contribution is 2.42. The number of likely N-dealkylation sites (tertiary alicyclic amines) is 1. The van der Waals surface area contributed by atoms with Crippen LogP contribution in [0.5, 0.6) is 17.2 Å². The third kappa shape index (κ3) is 5.35. The average molecular weight is 518 g/mol. The number of carbonyl (C=O) groups excluding carboxylic acids is 2. The van der Waals surface area contributed by atoms with Crippen molar-refractivity contribution < 1.29 is 33.6 Å². The van der Waals surface area contributed by atoms with Gasteiger partial charge in [0.05, 0.1) is 32.4 Å². The normalized spacial score (nSPS) is 16.5. The van der Waals surface area contributed by atoms with Gasteiger partial charge in [0.25, 0.3) is 11.7 Å². The minimum absolute atomic E-state index is 0.00750. The van der Waals surface area contributed by atoms with Gasteiger partial charge in [-0.3, -0.25) is 9.59 Å². The predicted octanol–water partition coefficient (Wildman–Crippen LogP) is 4.66. The van der Waals surface area contributed by atoms with Gasteiger partial charge in [-0.1, -0.05) is 30.3 Å². The molecule has 0 bridgehead atoms. The van der Waals surface area contributed by atoms with Gasteiger partial charge in [-0.25, -0.2) is 0 Å². The van der Waals surface area contributed by atoms with Crippen LogP contribution < -0.4 is 14.2 Å². The Morgan fingerprint density at radius 1 is 0.921 bits per heavy atom. The lowest BCUT2D eigenvalue weighted by Gasteiger charge is -2.25. The number of hydrogen-bond acceptors (Lipinski definition) is 7. The van der Waals surface area contributed by atoms with E-state index < -0.39 is 17.7 Å². The second-order valence-electron chi connectivity index (χ2n) is 8.84. The summed E-state index contributed by atoms with van der Waals surface area (Å²) in [6, 6.07) is 19.1. The van der Waals surface area contributed by atoms with Crippen molar-refractivity contribution >= 4 is 17.4 Å². The highest BCUT2D eigenvalue weighted by Gasteiger charge is 2.46. The third-order valence-corrected chi connectivity index (χ3v) is 6.58. The van der Waals surface area contributed by atoms with Crippen LogP contribution >= 0.6 is 0 Å². The molecule has 1 saturated heterocycles. The van der Waals surface area contributed by atoms with Crippen LogP contribution in [-0.4, -0.2) is 56.2 Å². The van der Waals surface area contributed by atoms with Gasteiger partial charge < -0.3 is 29.0 Å². The van der Waals surface area contributed by atoms with Crippen molar-refractivity contribution in [2.45, 2.75) is 19.6 Å². The quantitative estimate of drug-likeness (QED) is 0.237. The Balaban J connectivity index is 1.69. The number of nitrogens with zero attached hydrogens (tertiary/aromatic N) is 1. The van der Waals surface area contributed by atoms with Crippen molar-refractivity contribution in [3.63, 3.8) is 0 Å². The first-order chi connectivity index (χ1) is 18.4. The number of aliphatic hydroxyl groups is 1. The zero-order valence-electron chi connectivity index (χ0n) is 21.9. The molecule has 4 rings (SSSR count). The maximum atomic E-state index is 13.2. The van der Waals surface area contributed by atoms with Crippen molar-refractivity contribution in [1.29, 1.82) is 0 Å². The van der Waals surface area contributed by atoms with Crippen LogP contribution in [0, 0.1) is 6.92 Å². The first kappa shape index (κ1) is 26.8. The largest absolute Gasteiger partial charge is 0.507 e. The van der Waals surface area contributed by atoms with Gasteiger partial charge in [0, 0.05) is 19.2 Å². The fourth-order valence-corrected chi connectivity index (χ4v) is 4.47.